The van der Waals surface area contributed by atoms with Gasteiger partial charge in [-0.1, -0.05) is 0 Å². The molecule has 9 nitrogen and oxygen atoms in total. The van der Waals surface area contributed by atoms with Crippen LogP contribution in [0.2, 0.25) is 0 Å². The number of hydrogen-bond donors (Lipinski definition) is 3. The highest BCUT2D eigenvalue weighted by Gasteiger charge is 2.20. The van der Waals surface area contributed by atoms with Crippen molar-refractivity contribution in [1.29, 1.82) is 0 Å². The molecular weight excluding hydrogens is 360 g/mol. The summed E-state index contributed by atoms with van der Waals surface area (Å²) in [4.78, 5) is 29.6. The van der Waals surface area contributed by atoms with E-state index in [9.17, 15) is 14.9 Å². The number of aromatic nitrogens is 3. The first-order chi connectivity index (χ1) is 13.5. The van der Waals surface area contributed by atoms with Crippen molar-refractivity contribution in [2.75, 3.05) is 32.5 Å². The van der Waals surface area contributed by atoms with E-state index in [0.717, 1.165) is 18.5 Å². The average Bonchev–Trinajstić information content (AvgIpc) is 3.13. The van der Waals surface area contributed by atoms with Crippen LogP contribution in [0.4, 0.5) is 11.4 Å². The summed E-state index contributed by atoms with van der Waals surface area (Å²) in [6, 6.07) is 6.56. The largest absolute Gasteiger partial charge is 0.384 e. The molecule has 9 heteroatoms. The Morgan fingerprint density at radius 2 is 1.96 bits per heavy atom. The molecule has 144 valence electrons. The third kappa shape index (κ3) is 2.95. The molecule has 0 fully saturated rings. The van der Waals surface area contributed by atoms with Gasteiger partial charge in [-0.2, -0.15) is 5.10 Å². The van der Waals surface area contributed by atoms with Crippen LogP contribution in [-0.4, -0.2) is 52.2 Å². The lowest BCUT2D eigenvalue weighted by Gasteiger charge is -2.13. The molecule has 0 spiro atoms. The van der Waals surface area contributed by atoms with E-state index in [1.807, 2.05) is 14.1 Å². The molecule has 0 radical (unpaired) electrons. The van der Waals surface area contributed by atoms with E-state index in [-0.39, 0.29) is 16.6 Å². The molecule has 2 aromatic heterocycles. The smallest absolute Gasteiger partial charge is 0.293 e. The van der Waals surface area contributed by atoms with Gasteiger partial charge in [0.2, 0.25) is 0 Å². The van der Waals surface area contributed by atoms with Gasteiger partial charge in [0.25, 0.3) is 5.69 Å². The van der Waals surface area contributed by atoms with Crippen LogP contribution < -0.4 is 10.7 Å². The standard InChI is InChI=1S/C19H20N6O3/c1-24(2)9-3-8-20-13-6-7-15(25(27)28)18-17(13)19(26)16-11-10-21-23-12(11)4-5-14(16)22-18/h4-7,10,20H,3,8-9H2,1-2H3,(H,21,23)(H,22,26). The Kier molecular flexibility index (Phi) is 4.44. The van der Waals surface area contributed by atoms with E-state index in [4.69, 9.17) is 0 Å². The number of aromatic amines is 2. The Morgan fingerprint density at radius 1 is 1.18 bits per heavy atom. The summed E-state index contributed by atoms with van der Waals surface area (Å²) in [6.45, 7) is 1.55. The van der Waals surface area contributed by atoms with Crippen LogP contribution in [0.5, 0.6) is 0 Å². The molecule has 4 rings (SSSR count). The summed E-state index contributed by atoms with van der Waals surface area (Å²) < 4.78 is 0. The fourth-order valence-electron chi connectivity index (χ4n) is 3.50. The maximum Gasteiger partial charge on any atom is 0.293 e. The fourth-order valence-corrected chi connectivity index (χ4v) is 3.50. The summed E-state index contributed by atoms with van der Waals surface area (Å²) in [6.07, 6.45) is 2.48. The van der Waals surface area contributed by atoms with E-state index in [1.54, 1.807) is 24.4 Å². The summed E-state index contributed by atoms with van der Waals surface area (Å²) in [5, 5.41) is 23.1. The van der Waals surface area contributed by atoms with Crippen molar-refractivity contribution in [1.82, 2.24) is 20.1 Å². The van der Waals surface area contributed by atoms with Crippen LogP contribution in [0.25, 0.3) is 32.7 Å². The summed E-state index contributed by atoms with van der Waals surface area (Å²) in [5.74, 6) is 0. The van der Waals surface area contributed by atoms with E-state index in [0.29, 0.717) is 33.9 Å². The topological polar surface area (TPSA) is 120 Å². The highest BCUT2D eigenvalue weighted by atomic mass is 16.6. The van der Waals surface area contributed by atoms with Crippen molar-refractivity contribution < 1.29 is 4.92 Å². The molecule has 0 atom stereocenters. The first-order valence-electron chi connectivity index (χ1n) is 8.95. The second-order valence-corrected chi connectivity index (χ2v) is 7.00. The molecule has 0 saturated carbocycles. The average molecular weight is 380 g/mol. The van der Waals surface area contributed by atoms with Gasteiger partial charge in [-0.25, -0.2) is 0 Å². The maximum absolute atomic E-state index is 13.4. The van der Waals surface area contributed by atoms with Gasteiger partial charge in [0, 0.05) is 23.7 Å². The lowest BCUT2D eigenvalue weighted by atomic mass is 10.0. The van der Waals surface area contributed by atoms with Gasteiger partial charge in [0.1, 0.15) is 5.52 Å². The number of non-ortho nitro benzene ring substituents is 1. The highest BCUT2D eigenvalue weighted by molar-refractivity contribution is 6.11. The first-order valence-corrected chi connectivity index (χ1v) is 8.95. The number of nitro benzene ring substituents is 1. The van der Waals surface area contributed by atoms with Crippen molar-refractivity contribution in [3.63, 3.8) is 0 Å². The number of hydrogen-bond acceptors (Lipinski definition) is 6. The van der Waals surface area contributed by atoms with Crippen molar-refractivity contribution in [3.05, 3.63) is 50.8 Å². The van der Waals surface area contributed by atoms with Crippen molar-refractivity contribution in [2.24, 2.45) is 0 Å². The molecule has 0 bridgehead atoms. The zero-order chi connectivity index (χ0) is 19.8. The molecule has 2 aromatic carbocycles. The number of nitrogens with zero attached hydrogens (tertiary/aromatic N) is 3. The fraction of sp³-hybridized carbons (Fsp3) is 0.263. The minimum atomic E-state index is -0.476. The maximum atomic E-state index is 13.4. The van der Waals surface area contributed by atoms with E-state index in [1.165, 1.54) is 6.07 Å². The Bertz CT molecular complexity index is 1260. The molecule has 0 aliphatic carbocycles. The molecule has 4 aromatic rings. The number of H-pyrrole nitrogens is 2. The molecule has 0 aliphatic heterocycles. The van der Waals surface area contributed by atoms with Crippen LogP contribution >= 0.6 is 0 Å². The minimum absolute atomic E-state index is 0.125. The lowest BCUT2D eigenvalue weighted by Crippen LogP contribution is -2.17. The number of benzene rings is 2. The Labute approximate surface area is 159 Å². The predicted octanol–water partition coefficient (Wildman–Crippen LogP) is 2.83. The summed E-state index contributed by atoms with van der Waals surface area (Å²) in [7, 11) is 3.99. The third-order valence-electron chi connectivity index (χ3n) is 4.82. The zero-order valence-corrected chi connectivity index (χ0v) is 15.6. The SMILES string of the molecule is CN(C)CCCNc1ccc([N+](=O)[O-])c2[nH]c3ccc4[nH]ncc4c3c(=O)c12. The number of anilines is 1. The second kappa shape index (κ2) is 6.93. The van der Waals surface area contributed by atoms with Crippen LogP contribution in [-0.2, 0) is 0 Å². The van der Waals surface area contributed by atoms with Crippen LogP contribution in [0, 0.1) is 10.1 Å². The highest BCUT2D eigenvalue weighted by Crippen LogP contribution is 2.31. The van der Waals surface area contributed by atoms with Gasteiger partial charge in [0.05, 0.1) is 32.9 Å². The molecule has 28 heavy (non-hydrogen) atoms. The number of nitro groups is 1. The summed E-state index contributed by atoms with van der Waals surface area (Å²) in [5.41, 5.74) is 1.71. The minimum Gasteiger partial charge on any atom is -0.384 e. The first kappa shape index (κ1) is 17.9. The normalized spacial score (nSPS) is 11.7. The molecule has 0 saturated heterocycles. The van der Waals surface area contributed by atoms with Crippen molar-refractivity contribution >= 4 is 44.1 Å². The van der Waals surface area contributed by atoms with Gasteiger partial charge in [-0.15, -0.1) is 0 Å². The van der Waals surface area contributed by atoms with Gasteiger partial charge in [-0.3, -0.25) is 20.0 Å². The lowest BCUT2D eigenvalue weighted by molar-refractivity contribution is -0.383. The van der Waals surface area contributed by atoms with E-state index in [2.05, 4.69) is 25.4 Å². The molecule has 3 N–H and O–H groups in total. The molecule has 0 unspecified atom stereocenters. The number of pyridine rings is 1. The summed E-state index contributed by atoms with van der Waals surface area (Å²) >= 11 is 0. The Morgan fingerprint density at radius 3 is 2.71 bits per heavy atom. The molecule has 0 aliphatic rings. The third-order valence-corrected chi connectivity index (χ3v) is 4.82. The van der Waals surface area contributed by atoms with E-state index >= 15 is 0 Å². The molecule has 0 amide bonds. The van der Waals surface area contributed by atoms with Gasteiger partial charge in [-0.05, 0) is 45.3 Å². The van der Waals surface area contributed by atoms with Gasteiger partial charge < -0.3 is 15.2 Å². The van der Waals surface area contributed by atoms with Gasteiger partial charge >= 0.3 is 0 Å². The quantitative estimate of drug-likeness (QED) is 0.205. The van der Waals surface area contributed by atoms with Crippen LogP contribution in [0.1, 0.15) is 6.42 Å². The second-order valence-electron chi connectivity index (χ2n) is 7.00. The molecular formula is C19H20N6O3. The number of nitrogens with one attached hydrogen (secondary N) is 3. The molecule has 2 heterocycles. The van der Waals surface area contributed by atoms with E-state index < -0.39 is 4.92 Å². The van der Waals surface area contributed by atoms with Crippen molar-refractivity contribution in [2.45, 2.75) is 6.42 Å². The Balaban J connectivity index is 1.96. The monoisotopic (exact) mass is 380 g/mol. The predicted molar refractivity (Wildman–Crippen MR) is 110 cm³/mol. The van der Waals surface area contributed by atoms with Crippen LogP contribution in [0.15, 0.2) is 35.3 Å². The Hall–Kier alpha value is -3.46. The number of rotatable bonds is 6. The van der Waals surface area contributed by atoms with Gasteiger partial charge in [0.15, 0.2) is 5.43 Å². The van der Waals surface area contributed by atoms with Crippen molar-refractivity contribution in [3.8, 4) is 0 Å². The van der Waals surface area contributed by atoms with Crippen LogP contribution in [0.3, 0.4) is 0 Å². The zero-order valence-electron chi connectivity index (χ0n) is 15.6. The number of fused-ring (bicyclic) bond motifs is 4.